The normalized spacial score (nSPS) is 10.9. The highest BCUT2D eigenvalue weighted by Gasteiger charge is 2.16. The maximum Gasteiger partial charge on any atom is 0.261 e. The van der Waals surface area contributed by atoms with Crippen LogP contribution in [0.5, 0.6) is 11.5 Å². The van der Waals surface area contributed by atoms with Gasteiger partial charge in [0.05, 0.1) is 10.6 Å². The van der Waals surface area contributed by atoms with Crippen molar-refractivity contribution in [2.45, 2.75) is 4.90 Å². The lowest BCUT2D eigenvalue weighted by molar-refractivity contribution is 0.102. The lowest BCUT2D eigenvalue weighted by atomic mass is 10.2. The number of amides is 1. The van der Waals surface area contributed by atoms with Crippen LogP contribution in [0.25, 0.3) is 0 Å². The first-order valence-electron chi connectivity index (χ1n) is 9.92. The zero-order valence-corrected chi connectivity index (χ0v) is 18.8. The Hall–Kier alpha value is -3.81. The summed E-state index contributed by atoms with van der Waals surface area (Å²) in [6.07, 6.45) is 0. The highest BCUT2D eigenvalue weighted by atomic mass is 35.5. The van der Waals surface area contributed by atoms with E-state index in [0.717, 1.165) is 0 Å². The number of halogens is 1. The molecule has 0 aliphatic heterocycles. The molecule has 166 valence electrons. The average Bonchev–Trinajstić information content (AvgIpc) is 2.82. The molecule has 0 spiro atoms. The molecule has 0 aliphatic carbocycles. The summed E-state index contributed by atoms with van der Waals surface area (Å²) in [5.74, 6) is 0.573. The molecule has 4 rings (SSSR count). The molecule has 0 saturated carbocycles. The number of hydrogen-bond donors (Lipinski definition) is 2. The third-order valence-corrected chi connectivity index (χ3v) is 6.22. The van der Waals surface area contributed by atoms with Gasteiger partial charge in [0.15, 0.2) is 5.75 Å². The minimum atomic E-state index is -3.78. The van der Waals surface area contributed by atoms with E-state index in [1.807, 2.05) is 18.2 Å². The van der Waals surface area contributed by atoms with E-state index in [9.17, 15) is 13.2 Å². The first-order valence-corrected chi connectivity index (χ1v) is 11.8. The Balaban J connectivity index is 1.55. The number of carbonyl (C=O) groups is 1. The largest absolute Gasteiger partial charge is 0.455 e. The van der Waals surface area contributed by atoms with Crippen molar-refractivity contribution in [3.63, 3.8) is 0 Å². The van der Waals surface area contributed by atoms with E-state index >= 15 is 0 Å². The van der Waals surface area contributed by atoms with Gasteiger partial charge in [-0.25, -0.2) is 8.42 Å². The molecule has 6 nitrogen and oxygen atoms in total. The molecule has 8 heteroatoms. The Bertz CT molecular complexity index is 1380. The SMILES string of the molecule is O=C(Nc1cc(Cl)ccc1Oc1ccccc1)c1cccc(NS(=O)(=O)c2ccccc2)c1. The summed E-state index contributed by atoms with van der Waals surface area (Å²) in [6, 6.07) is 28.2. The molecule has 0 heterocycles. The summed E-state index contributed by atoms with van der Waals surface area (Å²) in [5.41, 5.74) is 0.902. The van der Waals surface area contributed by atoms with Gasteiger partial charge in [-0.1, -0.05) is 54.1 Å². The van der Waals surface area contributed by atoms with Crippen molar-refractivity contribution in [2.24, 2.45) is 0 Å². The predicted octanol–water partition coefficient (Wildman–Crippen LogP) is 6.19. The fourth-order valence-corrected chi connectivity index (χ4v) is 4.28. The van der Waals surface area contributed by atoms with Crippen molar-refractivity contribution in [2.75, 3.05) is 10.0 Å². The predicted molar refractivity (Wildman–Crippen MR) is 130 cm³/mol. The molecule has 0 radical (unpaired) electrons. The van der Waals surface area contributed by atoms with Crippen LogP contribution in [0.3, 0.4) is 0 Å². The summed E-state index contributed by atoms with van der Waals surface area (Å²) >= 11 is 6.12. The molecule has 0 aliphatic rings. The van der Waals surface area contributed by atoms with Crippen LogP contribution in [0.2, 0.25) is 5.02 Å². The molecule has 0 atom stereocenters. The van der Waals surface area contributed by atoms with Crippen molar-refractivity contribution in [1.82, 2.24) is 0 Å². The van der Waals surface area contributed by atoms with E-state index < -0.39 is 15.9 Å². The number of nitrogens with one attached hydrogen (secondary N) is 2. The van der Waals surface area contributed by atoms with E-state index in [2.05, 4.69) is 10.0 Å². The lowest BCUT2D eigenvalue weighted by Crippen LogP contribution is -2.15. The van der Waals surface area contributed by atoms with Gasteiger partial charge in [0.1, 0.15) is 5.75 Å². The number of anilines is 2. The monoisotopic (exact) mass is 478 g/mol. The van der Waals surface area contributed by atoms with Crippen molar-refractivity contribution in [3.05, 3.63) is 114 Å². The van der Waals surface area contributed by atoms with Gasteiger partial charge in [0, 0.05) is 16.3 Å². The lowest BCUT2D eigenvalue weighted by Gasteiger charge is -2.13. The van der Waals surface area contributed by atoms with Crippen molar-refractivity contribution < 1.29 is 17.9 Å². The van der Waals surface area contributed by atoms with Gasteiger partial charge >= 0.3 is 0 Å². The van der Waals surface area contributed by atoms with E-state index in [1.165, 1.54) is 18.2 Å². The fraction of sp³-hybridized carbons (Fsp3) is 0. The summed E-state index contributed by atoms with van der Waals surface area (Å²) < 4.78 is 33.5. The van der Waals surface area contributed by atoms with E-state index in [-0.39, 0.29) is 16.1 Å². The number of para-hydroxylation sites is 1. The zero-order chi connectivity index (χ0) is 23.3. The van der Waals surface area contributed by atoms with Crippen LogP contribution in [-0.2, 0) is 10.0 Å². The topological polar surface area (TPSA) is 84.5 Å². The first-order chi connectivity index (χ1) is 15.9. The number of sulfonamides is 1. The van der Waals surface area contributed by atoms with Crippen molar-refractivity contribution in [1.29, 1.82) is 0 Å². The molecule has 0 aromatic heterocycles. The molecule has 0 bridgehead atoms. The van der Waals surface area contributed by atoms with Gasteiger partial charge in [-0.05, 0) is 60.7 Å². The van der Waals surface area contributed by atoms with Crippen LogP contribution in [0.1, 0.15) is 10.4 Å². The van der Waals surface area contributed by atoms with Crippen LogP contribution in [0.4, 0.5) is 11.4 Å². The Morgan fingerprint density at radius 2 is 1.48 bits per heavy atom. The van der Waals surface area contributed by atoms with Gasteiger partial charge in [-0.2, -0.15) is 0 Å². The Morgan fingerprint density at radius 3 is 2.21 bits per heavy atom. The van der Waals surface area contributed by atoms with Crippen LogP contribution >= 0.6 is 11.6 Å². The van der Waals surface area contributed by atoms with Gasteiger partial charge in [-0.3, -0.25) is 9.52 Å². The maximum atomic E-state index is 12.9. The van der Waals surface area contributed by atoms with Gasteiger partial charge < -0.3 is 10.1 Å². The summed E-state index contributed by atoms with van der Waals surface area (Å²) in [4.78, 5) is 13.1. The smallest absolute Gasteiger partial charge is 0.261 e. The van der Waals surface area contributed by atoms with Crippen LogP contribution in [0.15, 0.2) is 108 Å². The summed E-state index contributed by atoms with van der Waals surface area (Å²) in [6.45, 7) is 0. The molecule has 4 aromatic rings. The summed E-state index contributed by atoms with van der Waals surface area (Å²) in [7, 11) is -3.78. The second kappa shape index (κ2) is 9.77. The second-order valence-electron chi connectivity index (χ2n) is 7.01. The number of rotatable bonds is 7. The average molecular weight is 479 g/mol. The Kier molecular flexibility index (Phi) is 6.63. The molecule has 33 heavy (non-hydrogen) atoms. The van der Waals surface area contributed by atoms with Crippen molar-refractivity contribution >= 4 is 38.9 Å². The third kappa shape index (κ3) is 5.71. The quantitative estimate of drug-likeness (QED) is 0.332. The molecular weight excluding hydrogens is 460 g/mol. The van der Waals surface area contributed by atoms with Crippen LogP contribution in [0, 0.1) is 0 Å². The summed E-state index contributed by atoms with van der Waals surface area (Å²) in [5, 5.41) is 3.21. The van der Waals surface area contributed by atoms with Crippen LogP contribution < -0.4 is 14.8 Å². The zero-order valence-electron chi connectivity index (χ0n) is 17.2. The molecule has 0 unspecified atom stereocenters. The molecule has 2 N–H and O–H groups in total. The highest BCUT2D eigenvalue weighted by molar-refractivity contribution is 7.92. The van der Waals surface area contributed by atoms with Gasteiger partial charge in [0.2, 0.25) is 0 Å². The Morgan fingerprint density at radius 1 is 0.788 bits per heavy atom. The standard InChI is InChI=1S/C25H19ClN2O4S/c26-19-14-15-24(32-21-10-3-1-4-11-21)23(17-19)27-25(29)18-8-7-9-20(16-18)28-33(30,31)22-12-5-2-6-13-22/h1-17,28H,(H,27,29). The molecule has 1 amide bonds. The molecule has 0 saturated heterocycles. The minimum Gasteiger partial charge on any atom is -0.455 e. The van der Waals surface area contributed by atoms with Gasteiger partial charge in [-0.15, -0.1) is 0 Å². The third-order valence-electron chi connectivity index (χ3n) is 4.59. The second-order valence-corrected chi connectivity index (χ2v) is 9.13. The molecule has 0 fully saturated rings. The number of ether oxygens (including phenoxy) is 1. The van der Waals surface area contributed by atoms with Crippen LogP contribution in [-0.4, -0.2) is 14.3 Å². The Labute approximate surface area is 196 Å². The fourth-order valence-electron chi connectivity index (χ4n) is 3.04. The maximum absolute atomic E-state index is 12.9. The van der Waals surface area contributed by atoms with Gasteiger partial charge in [0.25, 0.3) is 15.9 Å². The number of benzene rings is 4. The van der Waals surface area contributed by atoms with Crippen molar-refractivity contribution in [3.8, 4) is 11.5 Å². The molecule has 4 aromatic carbocycles. The highest BCUT2D eigenvalue weighted by Crippen LogP contribution is 2.32. The molecular formula is C25H19ClN2O4S. The van der Waals surface area contributed by atoms with E-state index in [0.29, 0.717) is 22.2 Å². The van der Waals surface area contributed by atoms with E-state index in [1.54, 1.807) is 66.7 Å². The first kappa shape index (κ1) is 22.4. The number of carbonyl (C=O) groups excluding carboxylic acids is 1. The minimum absolute atomic E-state index is 0.126. The van der Waals surface area contributed by atoms with E-state index in [4.69, 9.17) is 16.3 Å². The number of hydrogen-bond acceptors (Lipinski definition) is 4.